The van der Waals surface area contributed by atoms with Crippen LogP contribution in [0.2, 0.25) is 0 Å². The highest BCUT2D eigenvalue weighted by Crippen LogP contribution is 2.20. The zero-order valence-corrected chi connectivity index (χ0v) is 17.0. The second-order valence-corrected chi connectivity index (χ2v) is 6.37. The van der Waals surface area contributed by atoms with E-state index in [1.54, 1.807) is 43.7 Å². The summed E-state index contributed by atoms with van der Waals surface area (Å²) in [6.07, 6.45) is 3.26. The molecule has 0 spiro atoms. The molecule has 0 aliphatic heterocycles. The molecule has 0 amide bonds. The highest BCUT2D eigenvalue weighted by molar-refractivity contribution is 5.88. The van der Waals surface area contributed by atoms with E-state index in [1.807, 2.05) is 0 Å². The Morgan fingerprint density at radius 3 is 1.66 bits per heavy atom. The minimum absolute atomic E-state index is 0.153. The molecule has 0 saturated heterocycles. The van der Waals surface area contributed by atoms with E-state index < -0.39 is 11.9 Å². The summed E-state index contributed by atoms with van der Waals surface area (Å²) in [6.45, 7) is 3.87. The van der Waals surface area contributed by atoms with Crippen LogP contribution in [-0.4, -0.2) is 55.4 Å². The summed E-state index contributed by atoms with van der Waals surface area (Å²) < 4.78 is 1.43. The Hall–Kier alpha value is -4.80. The average Bonchev–Trinajstić information content (AvgIpc) is 2.78. The summed E-state index contributed by atoms with van der Waals surface area (Å²) in [5.41, 5.74) is 1.45. The van der Waals surface area contributed by atoms with E-state index in [0.29, 0.717) is 11.4 Å². The second-order valence-electron chi connectivity index (χ2n) is 6.37. The van der Waals surface area contributed by atoms with Gasteiger partial charge in [-0.15, -0.1) is 4.98 Å². The van der Waals surface area contributed by atoms with Crippen molar-refractivity contribution >= 4 is 47.9 Å². The molecule has 5 N–H and O–H groups in total. The molecule has 162 valence electrons. The number of aromatic nitrogens is 3. The lowest BCUT2D eigenvalue weighted by Gasteiger charge is -2.06. The highest BCUT2D eigenvalue weighted by Gasteiger charge is 2.18. The van der Waals surface area contributed by atoms with Crippen molar-refractivity contribution in [3.63, 3.8) is 0 Å². The molecule has 11 heteroatoms. The van der Waals surface area contributed by atoms with Gasteiger partial charge in [-0.05, 0) is 58.5 Å². The van der Waals surface area contributed by atoms with Crippen molar-refractivity contribution in [2.24, 2.45) is 0 Å². The van der Waals surface area contributed by atoms with Crippen LogP contribution in [0, 0.1) is 0 Å². The monoisotopic (exact) mass is 434 g/mol. The Morgan fingerprint density at radius 1 is 0.844 bits per heavy atom. The first-order chi connectivity index (χ1) is 15.4. The fraction of sp³-hybridized carbons (Fsp3) is 0.0476. The molecule has 3 aromatic rings. The number of carboxylic acids is 2. The summed E-state index contributed by atoms with van der Waals surface area (Å²) in [6, 6.07) is 12.2. The van der Waals surface area contributed by atoms with E-state index in [4.69, 9.17) is 10.2 Å². The van der Waals surface area contributed by atoms with Gasteiger partial charge in [-0.1, -0.05) is 0 Å². The molecule has 0 fully saturated rings. The molecule has 1 heterocycles. The first kappa shape index (κ1) is 21.9. The molecule has 11 nitrogen and oxygen atoms in total. The van der Waals surface area contributed by atoms with E-state index in [0.717, 1.165) is 0 Å². The number of nitrogens with zero attached hydrogens (tertiary/aromatic N) is 4. The fourth-order valence-corrected chi connectivity index (χ4v) is 2.49. The molecule has 0 atom stereocenters. The highest BCUT2D eigenvalue weighted by atomic mass is 16.4. The Kier molecular flexibility index (Phi) is 6.71. The van der Waals surface area contributed by atoms with Crippen molar-refractivity contribution < 1.29 is 24.4 Å². The van der Waals surface area contributed by atoms with Crippen molar-refractivity contribution in [2.75, 3.05) is 17.7 Å². The van der Waals surface area contributed by atoms with Crippen LogP contribution < -0.4 is 16.0 Å². The van der Waals surface area contributed by atoms with Gasteiger partial charge < -0.3 is 26.2 Å². The first-order valence-corrected chi connectivity index (χ1v) is 9.26. The maximum absolute atomic E-state index is 11.0. The van der Waals surface area contributed by atoms with Gasteiger partial charge in [0.25, 0.3) is 0 Å². The van der Waals surface area contributed by atoms with E-state index in [2.05, 4.69) is 37.6 Å². The maximum Gasteiger partial charge on any atom is 0.444 e. The molecule has 2 aromatic carbocycles. The molecular formula is C21H20N7O4+. The lowest BCUT2D eigenvalue weighted by molar-refractivity contribution is -0.359. The Bertz CT molecular complexity index is 1100. The van der Waals surface area contributed by atoms with Crippen molar-refractivity contribution in [1.29, 1.82) is 0 Å². The number of anilines is 4. The SMILES string of the molecule is C=[N+](/C=C\NC)c1nc(Nc2ccc(C(=O)O)cc2)nc(Nc2ccc(C(=O)O)cc2)n1. The fourth-order valence-electron chi connectivity index (χ4n) is 2.49. The van der Waals surface area contributed by atoms with Crippen LogP contribution in [0.5, 0.6) is 0 Å². The van der Waals surface area contributed by atoms with Gasteiger partial charge in [0, 0.05) is 31.3 Å². The number of carbonyl (C=O) groups is 2. The topological polar surface area (TPSA) is 152 Å². The molecule has 32 heavy (non-hydrogen) atoms. The predicted molar refractivity (Wildman–Crippen MR) is 118 cm³/mol. The van der Waals surface area contributed by atoms with E-state index in [-0.39, 0.29) is 29.0 Å². The van der Waals surface area contributed by atoms with Gasteiger partial charge >= 0.3 is 29.8 Å². The molecule has 3 rings (SSSR count). The van der Waals surface area contributed by atoms with Crippen molar-refractivity contribution in [2.45, 2.75) is 0 Å². The lowest BCUT2D eigenvalue weighted by Crippen LogP contribution is -2.09. The van der Waals surface area contributed by atoms with Gasteiger partial charge in [-0.2, -0.15) is 0 Å². The normalized spacial score (nSPS) is 10.5. The number of hydrogen-bond donors (Lipinski definition) is 5. The van der Waals surface area contributed by atoms with E-state index >= 15 is 0 Å². The van der Waals surface area contributed by atoms with Crippen molar-refractivity contribution in [3.8, 4) is 0 Å². The first-order valence-electron chi connectivity index (χ1n) is 9.26. The summed E-state index contributed by atoms with van der Waals surface area (Å²) in [5, 5.41) is 26.9. The molecule has 0 aliphatic carbocycles. The molecular weight excluding hydrogens is 414 g/mol. The largest absolute Gasteiger partial charge is 0.478 e. The summed E-state index contributed by atoms with van der Waals surface area (Å²) >= 11 is 0. The van der Waals surface area contributed by atoms with Crippen molar-refractivity contribution in [3.05, 3.63) is 72.1 Å². The van der Waals surface area contributed by atoms with Crippen molar-refractivity contribution in [1.82, 2.24) is 20.3 Å². The number of hydrogen-bond acceptors (Lipinski definition) is 8. The standard InChI is InChI=1S/C21H19N7O4/c1-22-11-12-28(2)21-26-19(23-15-7-3-13(4-8-15)17(29)30)25-20(27-21)24-16-9-5-14(6-10-16)18(31)32/h3-12,22H,2H2,1H3,(H3-,23,24,25,26,27,29,30,31,32)/p+1/b12-11-. The summed E-state index contributed by atoms with van der Waals surface area (Å²) in [4.78, 5) is 35.1. The quantitative estimate of drug-likeness (QED) is 0.251. The summed E-state index contributed by atoms with van der Waals surface area (Å²) in [7, 11) is 1.74. The van der Waals surface area contributed by atoms with Crippen LogP contribution in [0.4, 0.5) is 29.2 Å². The number of nitrogens with one attached hydrogen (secondary N) is 3. The third kappa shape index (κ3) is 5.63. The summed E-state index contributed by atoms with van der Waals surface area (Å²) in [5.74, 6) is -1.45. The number of benzene rings is 2. The second kappa shape index (κ2) is 9.80. The van der Waals surface area contributed by atoms with Crippen LogP contribution in [-0.2, 0) is 0 Å². The zero-order valence-electron chi connectivity index (χ0n) is 17.0. The maximum atomic E-state index is 11.0. The number of rotatable bonds is 9. The van der Waals surface area contributed by atoms with Gasteiger partial charge in [-0.3, -0.25) is 0 Å². The average molecular weight is 434 g/mol. The van der Waals surface area contributed by atoms with Crippen LogP contribution >= 0.6 is 0 Å². The Balaban J connectivity index is 1.91. The van der Waals surface area contributed by atoms with Gasteiger partial charge in [0.05, 0.1) is 17.3 Å². The van der Waals surface area contributed by atoms with Gasteiger partial charge in [-0.25, -0.2) is 14.2 Å². The van der Waals surface area contributed by atoms with E-state index in [9.17, 15) is 9.59 Å². The third-order valence-electron chi connectivity index (χ3n) is 4.08. The van der Waals surface area contributed by atoms with Gasteiger partial charge in [0.15, 0.2) is 0 Å². The lowest BCUT2D eigenvalue weighted by atomic mass is 10.2. The molecule has 0 bridgehead atoms. The third-order valence-corrected chi connectivity index (χ3v) is 4.08. The number of carboxylic acid groups (broad SMARTS) is 2. The minimum Gasteiger partial charge on any atom is -0.478 e. The smallest absolute Gasteiger partial charge is 0.444 e. The molecule has 0 saturated carbocycles. The van der Waals surface area contributed by atoms with Gasteiger partial charge in [0.1, 0.15) is 0 Å². The predicted octanol–water partition coefficient (Wildman–Crippen LogP) is 2.79. The molecule has 1 aromatic heterocycles. The van der Waals surface area contributed by atoms with Gasteiger partial charge in [0.2, 0.25) is 0 Å². The Labute approximate surface area is 182 Å². The molecule has 0 aliphatic rings. The van der Waals surface area contributed by atoms with Crippen LogP contribution in [0.3, 0.4) is 0 Å². The van der Waals surface area contributed by atoms with E-state index in [1.165, 1.54) is 28.8 Å². The number of aromatic carboxylic acids is 2. The van der Waals surface area contributed by atoms with Crippen LogP contribution in [0.15, 0.2) is 60.9 Å². The van der Waals surface area contributed by atoms with Crippen LogP contribution in [0.1, 0.15) is 20.7 Å². The zero-order chi connectivity index (χ0) is 23.1. The minimum atomic E-state index is -1.02. The molecule has 0 unspecified atom stereocenters. The molecule has 0 radical (unpaired) electrons. The van der Waals surface area contributed by atoms with Crippen LogP contribution in [0.25, 0.3) is 0 Å². The Morgan fingerprint density at radius 2 is 1.28 bits per heavy atom.